The molecule has 0 spiro atoms. The van der Waals surface area contributed by atoms with Crippen molar-refractivity contribution in [2.24, 2.45) is 0 Å². The van der Waals surface area contributed by atoms with Gasteiger partial charge in [-0.3, -0.25) is 0 Å². The molecule has 6 heteroatoms. The Hall–Kier alpha value is 0.690. The molecule has 0 amide bonds. The van der Waals surface area contributed by atoms with Gasteiger partial charge in [0.15, 0.2) is 0 Å². The average Bonchev–Trinajstić information content (AvgIpc) is 2.61. The van der Waals surface area contributed by atoms with Crippen molar-refractivity contribution in [3.63, 3.8) is 0 Å². The number of hydrogen-bond donors (Lipinski definition) is 0. The molecule has 3 nitrogen and oxygen atoms in total. The Balaban J connectivity index is 0.00000128. The van der Waals surface area contributed by atoms with Gasteiger partial charge in [0.05, 0.1) is 10.8 Å². The first-order chi connectivity index (χ1) is 7.17. The normalized spacial score (nSPS) is 18.1. The van der Waals surface area contributed by atoms with Gasteiger partial charge in [-0.2, -0.15) is 4.57 Å². The van der Waals surface area contributed by atoms with Crippen molar-refractivity contribution < 1.29 is 29.0 Å². The molecule has 16 heavy (non-hydrogen) atoms. The third-order valence-electron chi connectivity index (χ3n) is 2.69. The van der Waals surface area contributed by atoms with E-state index in [1.165, 1.54) is 0 Å². The molecule has 0 saturated heterocycles. The van der Waals surface area contributed by atoms with E-state index in [0.29, 0.717) is 5.25 Å². The van der Waals surface area contributed by atoms with E-state index >= 15 is 0 Å². The minimum atomic E-state index is 0. The van der Waals surface area contributed by atoms with E-state index in [4.69, 9.17) is 0 Å². The zero-order chi connectivity index (χ0) is 11.0. The summed E-state index contributed by atoms with van der Waals surface area (Å²) in [5, 5.41) is 1.57. The van der Waals surface area contributed by atoms with E-state index in [9.17, 15) is 4.79 Å². The Morgan fingerprint density at radius 1 is 1.62 bits per heavy atom. The van der Waals surface area contributed by atoms with E-state index in [1.54, 1.807) is 11.8 Å². The van der Waals surface area contributed by atoms with E-state index in [1.807, 2.05) is 18.4 Å². The van der Waals surface area contributed by atoms with Gasteiger partial charge in [0.25, 0.3) is 0 Å². The number of H-pyrrole nitrogens is 1. The number of rotatable bonds is 2. The molecule has 1 aromatic heterocycles. The van der Waals surface area contributed by atoms with Crippen LogP contribution >= 0.6 is 34.4 Å². The molecule has 90 valence electrons. The Morgan fingerprint density at radius 3 is 2.88 bits per heavy atom. The summed E-state index contributed by atoms with van der Waals surface area (Å²) in [5.41, 5.74) is 2.15. The fourth-order valence-electron chi connectivity index (χ4n) is 1.87. The molecular weight excluding hydrogens is 450 g/mol. The van der Waals surface area contributed by atoms with Gasteiger partial charge in [-0.05, 0) is 25.1 Å². The van der Waals surface area contributed by atoms with Gasteiger partial charge in [0.1, 0.15) is 12.2 Å². The highest BCUT2D eigenvalue weighted by molar-refractivity contribution is 14.1. The van der Waals surface area contributed by atoms with Crippen LogP contribution in [0.3, 0.4) is 0 Å². The highest BCUT2D eigenvalue weighted by atomic mass is 127. The average molecular weight is 464 g/mol. The van der Waals surface area contributed by atoms with Crippen LogP contribution in [-0.2, 0) is 13.0 Å². The van der Waals surface area contributed by atoms with Gasteiger partial charge in [-0.1, -0.05) is 29.5 Å². The standard InChI is InChI=1S/C10H13IN2OS.HI/c1-3-8-6(2)12-10-13(9(8)14)5-7(4-11)15-10;/h7H,3-5H2,1-2H3;1H. The minimum absolute atomic E-state index is 0. The second kappa shape index (κ2) is 6.03. The monoisotopic (exact) mass is 464 g/mol. The lowest BCUT2D eigenvalue weighted by atomic mass is 10.2. The van der Waals surface area contributed by atoms with Crippen LogP contribution in [0.2, 0.25) is 0 Å². The van der Waals surface area contributed by atoms with Gasteiger partial charge >= 0.3 is 10.7 Å². The molecular formula is C10H14I2N2OS. The number of hydrogen-bond acceptors (Lipinski definition) is 2. The predicted molar refractivity (Wildman–Crippen MR) is 69.9 cm³/mol. The molecule has 0 aliphatic carbocycles. The summed E-state index contributed by atoms with van der Waals surface area (Å²) < 4.78 is 2.97. The Bertz CT molecular complexity index is 447. The second-order valence-electron chi connectivity index (χ2n) is 3.70. The molecule has 1 aliphatic heterocycles. The van der Waals surface area contributed by atoms with Crippen LogP contribution in [0.5, 0.6) is 0 Å². The molecule has 0 fully saturated rings. The summed E-state index contributed by atoms with van der Waals surface area (Å²) in [5.74, 6) is 0. The molecule has 1 aliphatic rings. The predicted octanol–water partition coefficient (Wildman–Crippen LogP) is -1.55. The van der Waals surface area contributed by atoms with Crippen LogP contribution in [0.25, 0.3) is 0 Å². The van der Waals surface area contributed by atoms with Gasteiger partial charge in [0.2, 0.25) is 0 Å². The third-order valence-corrected chi connectivity index (χ3v) is 5.54. The molecule has 2 rings (SSSR count). The number of nitrogens with zero attached hydrogens (tertiary/aromatic N) is 1. The van der Waals surface area contributed by atoms with Crippen LogP contribution in [-0.4, -0.2) is 14.2 Å². The van der Waals surface area contributed by atoms with Crippen molar-refractivity contribution in [2.75, 3.05) is 4.43 Å². The van der Waals surface area contributed by atoms with Crippen molar-refractivity contribution in [1.82, 2.24) is 4.57 Å². The summed E-state index contributed by atoms with van der Waals surface area (Å²) in [4.78, 5) is 15.4. The van der Waals surface area contributed by atoms with E-state index in [0.717, 1.165) is 33.8 Å². The first-order valence-corrected chi connectivity index (χ1v) is 7.46. The molecule has 1 atom stereocenters. The van der Waals surface area contributed by atoms with E-state index in [2.05, 4.69) is 27.6 Å². The fraction of sp³-hybridized carbons (Fsp3) is 0.600. The summed E-state index contributed by atoms with van der Waals surface area (Å²) in [6, 6.07) is 0. The van der Waals surface area contributed by atoms with Crippen molar-refractivity contribution in [3.8, 4) is 0 Å². The van der Waals surface area contributed by atoms with E-state index in [-0.39, 0.29) is 29.5 Å². The molecule has 1 unspecified atom stereocenters. The van der Waals surface area contributed by atoms with Crippen molar-refractivity contribution in [2.45, 2.75) is 37.2 Å². The maximum absolute atomic E-state index is 12.1. The molecule has 2 heterocycles. The Kier molecular flexibility index (Phi) is 5.56. The maximum Gasteiger partial charge on any atom is 0.341 e. The Labute approximate surface area is 130 Å². The fourth-order valence-corrected chi connectivity index (χ4v) is 3.79. The van der Waals surface area contributed by atoms with Gasteiger partial charge in [-0.15, -0.1) is 0 Å². The number of fused-ring (bicyclic) bond motifs is 1. The first kappa shape index (κ1) is 14.7. The molecule has 1 aromatic rings. The lowest BCUT2D eigenvalue weighted by Crippen LogP contribution is -3.00. The lowest BCUT2D eigenvalue weighted by Gasteiger charge is -2.00. The third kappa shape index (κ3) is 2.58. The topological polar surface area (TPSA) is 36.1 Å². The van der Waals surface area contributed by atoms with E-state index < -0.39 is 0 Å². The van der Waals surface area contributed by atoms with Crippen LogP contribution in [0.4, 0.5) is 0 Å². The Morgan fingerprint density at radius 2 is 2.31 bits per heavy atom. The van der Waals surface area contributed by atoms with Crippen LogP contribution in [0.1, 0.15) is 18.2 Å². The highest BCUT2D eigenvalue weighted by Crippen LogP contribution is 2.28. The second-order valence-corrected chi connectivity index (χ2v) is 5.87. The molecule has 1 N–H and O–H groups in total. The smallest absolute Gasteiger partial charge is 0.341 e. The number of thioether (sulfide) groups is 1. The van der Waals surface area contributed by atoms with Crippen LogP contribution < -0.4 is 34.5 Å². The largest absolute Gasteiger partial charge is 1.00 e. The van der Waals surface area contributed by atoms with Gasteiger partial charge in [0, 0.05) is 4.43 Å². The van der Waals surface area contributed by atoms with Crippen molar-refractivity contribution in [3.05, 3.63) is 21.6 Å². The van der Waals surface area contributed by atoms with Crippen LogP contribution in [0, 0.1) is 6.92 Å². The number of aromatic amines is 1. The summed E-state index contributed by atoms with van der Waals surface area (Å²) in [6.45, 7) is 4.87. The maximum atomic E-state index is 12.1. The molecule has 0 radical (unpaired) electrons. The SMILES string of the molecule is CCc1c(C)[nH+]c2n(c1=O)CC(CI)S2.[I-]. The first-order valence-electron chi connectivity index (χ1n) is 5.05. The summed E-state index contributed by atoms with van der Waals surface area (Å²) in [6.07, 6.45) is 0.807. The zero-order valence-electron chi connectivity index (χ0n) is 9.22. The molecule has 0 bridgehead atoms. The number of halogens is 2. The quantitative estimate of drug-likeness (QED) is 0.302. The zero-order valence-corrected chi connectivity index (χ0v) is 14.3. The van der Waals surface area contributed by atoms with Gasteiger partial charge in [-0.25, -0.2) is 9.78 Å². The molecule has 0 aromatic carbocycles. The highest BCUT2D eigenvalue weighted by Gasteiger charge is 2.31. The number of nitrogens with one attached hydrogen (secondary N) is 1. The van der Waals surface area contributed by atoms with Crippen molar-refractivity contribution >= 4 is 34.4 Å². The van der Waals surface area contributed by atoms with Crippen LogP contribution in [0.15, 0.2) is 9.95 Å². The summed E-state index contributed by atoms with van der Waals surface area (Å²) in [7, 11) is 0. The number of aromatic nitrogens is 2. The number of alkyl halides is 1. The number of aryl methyl sites for hydroxylation is 1. The lowest BCUT2D eigenvalue weighted by molar-refractivity contribution is -0.446. The minimum Gasteiger partial charge on any atom is -1.00 e. The summed E-state index contributed by atoms with van der Waals surface area (Å²) >= 11 is 4.16. The van der Waals surface area contributed by atoms with Gasteiger partial charge < -0.3 is 24.0 Å². The molecule has 0 saturated carbocycles. The van der Waals surface area contributed by atoms with Crippen molar-refractivity contribution in [1.29, 1.82) is 0 Å².